The van der Waals surface area contributed by atoms with E-state index in [1.807, 2.05) is 75.2 Å². The molecule has 0 fully saturated rings. The molecule has 0 radical (unpaired) electrons. The fourth-order valence-corrected chi connectivity index (χ4v) is 3.11. The van der Waals surface area contributed by atoms with Gasteiger partial charge in [-0.25, -0.2) is 9.67 Å². The largest absolute Gasteiger partial charge is 0.496 e. The predicted molar refractivity (Wildman–Crippen MR) is 119 cm³/mol. The summed E-state index contributed by atoms with van der Waals surface area (Å²) in [6.45, 7) is 3.51. The third kappa shape index (κ3) is 4.54. The van der Waals surface area contributed by atoms with E-state index in [1.54, 1.807) is 14.2 Å². The summed E-state index contributed by atoms with van der Waals surface area (Å²) in [6, 6.07) is 7.91. The van der Waals surface area contributed by atoms with E-state index < -0.39 is 0 Å². The second kappa shape index (κ2) is 9.13. The van der Waals surface area contributed by atoms with Crippen molar-refractivity contribution in [1.82, 2.24) is 24.6 Å². The van der Waals surface area contributed by atoms with Crippen molar-refractivity contribution in [2.75, 3.05) is 53.9 Å². The Hall–Kier alpha value is -3.13. The van der Waals surface area contributed by atoms with Crippen molar-refractivity contribution >= 4 is 5.69 Å². The Morgan fingerprint density at radius 3 is 2.17 bits per heavy atom. The van der Waals surface area contributed by atoms with Gasteiger partial charge in [0.25, 0.3) is 0 Å². The molecule has 2 aromatic heterocycles. The molecule has 8 heteroatoms. The quantitative estimate of drug-likeness (QED) is 0.565. The van der Waals surface area contributed by atoms with Crippen LogP contribution in [0.15, 0.2) is 30.5 Å². The average molecular weight is 411 g/mol. The van der Waals surface area contributed by atoms with E-state index in [-0.39, 0.29) is 0 Å². The molecule has 3 aromatic rings. The standard InChI is InChI=1S/C22H30N6O2/c1-15-19(29-6)12-16(13-20(15)30-7)22-24-21(25-28(22)11-10-26(2)3)18-9-8-17(14-23-18)27(4)5/h8-9,12-14H,10-11H2,1-7H3. The van der Waals surface area contributed by atoms with Gasteiger partial charge in [-0.05, 0) is 45.3 Å². The number of hydrogen-bond acceptors (Lipinski definition) is 7. The van der Waals surface area contributed by atoms with Crippen molar-refractivity contribution in [2.24, 2.45) is 0 Å². The lowest BCUT2D eigenvalue weighted by molar-refractivity contribution is 0.374. The predicted octanol–water partition coefficient (Wildman–Crippen LogP) is 2.96. The minimum atomic E-state index is 0.590. The number of pyridine rings is 1. The van der Waals surface area contributed by atoms with Crippen LogP contribution in [-0.2, 0) is 6.54 Å². The van der Waals surface area contributed by atoms with Crippen molar-refractivity contribution in [1.29, 1.82) is 0 Å². The van der Waals surface area contributed by atoms with E-state index in [4.69, 9.17) is 19.6 Å². The number of nitrogens with zero attached hydrogens (tertiary/aromatic N) is 6. The summed E-state index contributed by atoms with van der Waals surface area (Å²) in [5, 5.41) is 4.76. The summed E-state index contributed by atoms with van der Waals surface area (Å²) in [4.78, 5) is 13.5. The highest BCUT2D eigenvalue weighted by molar-refractivity contribution is 5.66. The zero-order chi connectivity index (χ0) is 21.8. The number of rotatable bonds is 8. The van der Waals surface area contributed by atoms with Gasteiger partial charge in [-0.1, -0.05) is 0 Å². The molecule has 0 saturated heterocycles. The first kappa shape index (κ1) is 21.6. The number of likely N-dealkylation sites (N-methyl/N-ethyl adjacent to an activating group) is 1. The molecule has 0 aliphatic carbocycles. The summed E-state index contributed by atoms with van der Waals surface area (Å²) >= 11 is 0. The Kier molecular flexibility index (Phi) is 6.56. The van der Waals surface area contributed by atoms with Gasteiger partial charge in [0.05, 0.1) is 32.6 Å². The lowest BCUT2D eigenvalue weighted by Gasteiger charge is -2.14. The second-order valence-corrected chi connectivity index (χ2v) is 7.59. The maximum Gasteiger partial charge on any atom is 0.200 e. The molecule has 0 amide bonds. The molecule has 30 heavy (non-hydrogen) atoms. The highest BCUT2D eigenvalue weighted by Gasteiger charge is 2.18. The molecule has 8 nitrogen and oxygen atoms in total. The average Bonchev–Trinajstić information content (AvgIpc) is 3.16. The lowest BCUT2D eigenvalue weighted by atomic mass is 10.1. The summed E-state index contributed by atoms with van der Waals surface area (Å²) in [7, 11) is 11.4. The lowest BCUT2D eigenvalue weighted by Crippen LogP contribution is -2.19. The number of anilines is 1. The van der Waals surface area contributed by atoms with Crippen molar-refractivity contribution in [3.63, 3.8) is 0 Å². The summed E-state index contributed by atoms with van der Waals surface area (Å²) < 4.78 is 13.0. The number of methoxy groups -OCH3 is 2. The van der Waals surface area contributed by atoms with E-state index in [0.717, 1.165) is 46.4 Å². The highest BCUT2D eigenvalue weighted by Crippen LogP contribution is 2.34. The third-order valence-corrected chi connectivity index (χ3v) is 4.93. The molecule has 160 valence electrons. The molecular weight excluding hydrogens is 380 g/mol. The smallest absolute Gasteiger partial charge is 0.200 e. The molecule has 0 spiro atoms. The van der Waals surface area contributed by atoms with Gasteiger partial charge in [0.2, 0.25) is 0 Å². The van der Waals surface area contributed by atoms with Crippen LogP contribution in [0.4, 0.5) is 5.69 Å². The van der Waals surface area contributed by atoms with Crippen molar-refractivity contribution < 1.29 is 9.47 Å². The van der Waals surface area contributed by atoms with Crippen LogP contribution in [0.1, 0.15) is 5.56 Å². The topological polar surface area (TPSA) is 68.5 Å². The van der Waals surface area contributed by atoms with Gasteiger partial charge in [0, 0.05) is 31.8 Å². The van der Waals surface area contributed by atoms with E-state index >= 15 is 0 Å². The molecule has 0 atom stereocenters. The molecule has 0 saturated carbocycles. The van der Waals surface area contributed by atoms with Crippen LogP contribution < -0.4 is 14.4 Å². The first-order chi connectivity index (χ1) is 14.3. The summed E-state index contributed by atoms with van der Waals surface area (Å²) in [6.07, 6.45) is 1.83. The van der Waals surface area contributed by atoms with Crippen LogP contribution in [0, 0.1) is 6.92 Å². The minimum absolute atomic E-state index is 0.590. The van der Waals surface area contributed by atoms with Crippen LogP contribution >= 0.6 is 0 Å². The van der Waals surface area contributed by atoms with E-state index in [9.17, 15) is 0 Å². The number of hydrogen-bond donors (Lipinski definition) is 0. The summed E-state index contributed by atoms with van der Waals surface area (Å²) in [5.74, 6) is 2.84. The maximum atomic E-state index is 5.55. The van der Waals surface area contributed by atoms with Crippen LogP contribution in [0.5, 0.6) is 11.5 Å². The van der Waals surface area contributed by atoms with Gasteiger partial charge in [-0.3, -0.25) is 4.98 Å². The fourth-order valence-electron chi connectivity index (χ4n) is 3.11. The molecule has 0 unspecified atom stereocenters. The van der Waals surface area contributed by atoms with Crippen LogP contribution in [0.3, 0.4) is 0 Å². The molecule has 0 aliphatic rings. The summed E-state index contributed by atoms with van der Waals surface area (Å²) in [5.41, 5.74) is 3.59. The zero-order valence-electron chi connectivity index (χ0n) is 18.8. The van der Waals surface area contributed by atoms with Crippen molar-refractivity contribution in [3.8, 4) is 34.4 Å². The molecule has 1 aromatic carbocycles. The molecule has 3 rings (SSSR count). The van der Waals surface area contributed by atoms with Crippen LogP contribution in [0.25, 0.3) is 22.9 Å². The van der Waals surface area contributed by atoms with Crippen LogP contribution in [0.2, 0.25) is 0 Å². The minimum Gasteiger partial charge on any atom is -0.496 e. The SMILES string of the molecule is COc1cc(-c2nc(-c3ccc(N(C)C)cn3)nn2CCN(C)C)cc(OC)c1C. The Bertz CT molecular complexity index is 970. The van der Waals surface area contributed by atoms with Gasteiger partial charge >= 0.3 is 0 Å². The second-order valence-electron chi connectivity index (χ2n) is 7.59. The Labute approximate surface area is 178 Å². The van der Waals surface area contributed by atoms with Gasteiger partial charge in [0.1, 0.15) is 17.2 Å². The monoisotopic (exact) mass is 410 g/mol. The van der Waals surface area contributed by atoms with Crippen molar-refractivity contribution in [3.05, 3.63) is 36.0 Å². The first-order valence-corrected chi connectivity index (χ1v) is 9.80. The van der Waals surface area contributed by atoms with Crippen LogP contribution in [-0.4, -0.2) is 73.6 Å². The molecule has 2 heterocycles. The van der Waals surface area contributed by atoms with Crippen molar-refractivity contribution in [2.45, 2.75) is 13.5 Å². The maximum absolute atomic E-state index is 5.55. The molecule has 0 N–H and O–H groups in total. The van der Waals surface area contributed by atoms with Gasteiger partial charge in [-0.2, -0.15) is 0 Å². The Morgan fingerprint density at radius 1 is 1.00 bits per heavy atom. The number of benzene rings is 1. The van der Waals surface area contributed by atoms with Gasteiger partial charge in [0.15, 0.2) is 11.6 Å². The van der Waals surface area contributed by atoms with Gasteiger partial charge < -0.3 is 19.3 Å². The highest BCUT2D eigenvalue weighted by atomic mass is 16.5. The Morgan fingerprint density at radius 2 is 1.67 bits per heavy atom. The zero-order valence-corrected chi connectivity index (χ0v) is 18.8. The van der Waals surface area contributed by atoms with E-state index in [2.05, 4.69) is 9.88 Å². The van der Waals surface area contributed by atoms with E-state index in [0.29, 0.717) is 12.4 Å². The third-order valence-electron chi connectivity index (χ3n) is 4.93. The van der Waals surface area contributed by atoms with Gasteiger partial charge in [-0.15, -0.1) is 5.10 Å². The van der Waals surface area contributed by atoms with E-state index in [1.165, 1.54) is 0 Å². The molecule has 0 aliphatic heterocycles. The normalized spacial score (nSPS) is 11.1. The molecule has 0 bridgehead atoms. The Balaban J connectivity index is 2.09. The number of aromatic nitrogens is 4. The molecular formula is C22H30N6O2. The fraction of sp³-hybridized carbons (Fsp3) is 0.409. The first-order valence-electron chi connectivity index (χ1n) is 9.80. The number of ether oxygens (including phenoxy) is 2.